The van der Waals surface area contributed by atoms with E-state index in [1.165, 1.54) is 11.1 Å². The smallest absolute Gasteiger partial charge is 0.0731 e. The minimum absolute atomic E-state index is 0.224. The molecule has 2 rings (SSSR count). The molecule has 0 saturated carbocycles. The summed E-state index contributed by atoms with van der Waals surface area (Å²) in [5, 5.41) is 7.62. The zero-order chi connectivity index (χ0) is 13.3. The van der Waals surface area contributed by atoms with E-state index in [-0.39, 0.29) is 6.04 Å². The molecule has 4 nitrogen and oxygen atoms in total. The zero-order valence-electron chi connectivity index (χ0n) is 11.7. The molecule has 2 aromatic rings. The Bertz CT molecular complexity index is 534. The highest BCUT2D eigenvalue weighted by Gasteiger charge is 2.13. The Hall–Kier alpha value is -1.84. The molecule has 0 radical (unpaired) electrons. The first kappa shape index (κ1) is 12.6. The number of aryl methyl sites for hydroxylation is 4. The van der Waals surface area contributed by atoms with Crippen LogP contribution in [0.15, 0.2) is 18.5 Å². The van der Waals surface area contributed by atoms with E-state index in [1.54, 1.807) is 4.68 Å². The van der Waals surface area contributed by atoms with Gasteiger partial charge in [-0.3, -0.25) is 9.67 Å². The largest absolute Gasteiger partial charge is 0.376 e. The maximum absolute atomic E-state index is 4.54. The van der Waals surface area contributed by atoms with E-state index in [2.05, 4.69) is 42.2 Å². The van der Waals surface area contributed by atoms with Crippen LogP contribution in [-0.2, 0) is 7.05 Å². The molecule has 1 N–H and O–H groups in total. The molecule has 0 spiro atoms. The van der Waals surface area contributed by atoms with Crippen LogP contribution in [0, 0.1) is 20.8 Å². The predicted octanol–water partition coefficient (Wildman–Crippen LogP) is 2.91. The Balaban J connectivity index is 2.26. The molecule has 1 atom stereocenters. The Morgan fingerprint density at radius 3 is 2.56 bits per heavy atom. The number of rotatable bonds is 3. The lowest BCUT2D eigenvalue weighted by atomic mass is 10.0. The topological polar surface area (TPSA) is 42.7 Å². The molecular weight excluding hydrogens is 224 g/mol. The summed E-state index contributed by atoms with van der Waals surface area (Å²) in [6, 6.07) is 2.35. The van der Waals surface area contributed by atoms with Crippen LogP contribution in [0.25, 0.3) is 0 Å². The first-order valence-corrected chi connectivity index (χ1v) is 6.17. The van der Waals surface area contributed by atoms with Gasteiger partial charge in [0.1, 0.15) is 0 Å². The van der Waals surface area contributed by atoms with Gasteiger partial charge in [-0.1, -0.05) is 0 Å². The van der Waals surface area contributed by atoms with Crippen molar-refractivity contribution < 1.29 is 0 Å². The monoisotopic (exact) mass is 244 g/mol. The fourth-order valence-electron chi connectivity index (χ4n) is 2.51. The molecular formula is C14H20N4. The summed E-state index contributed by atoms with van der Waals surface area (Å²) >= 11 is 0. The van der Waals surface area contributed by atoms with Crippen LogP contribution in [0.4, 0.5) is 5.69 Å². The van der Waals surface area contributed by atoms with Gasteiger partial charge in [0.15, 0.2) is 0 Å². The first-order valence-electron chi connectivity index (χ1n) is 6.17. The summed E-state index contributed by atoms with van der Waals surface area (Å²) in [7, 11) is 1.92. The van der Waals surface area contributed by atoms with Gasteiger partial charge in [0.25, 0.3) is 0 Å². The van der Waals surface area contributed by atoms with Crippen LogP contribution in [-0.4, -0.2) is 14.8 Å². The van der Waals surface area contributed by atoms with Crippen molar-refractivity contribution in [2.24, 2.45) is 7.05 Å². The van der Waals surface area contributed by atoms with Crippen LogP contribution in [0.2, 0.25) is 0 Å². The first-order chi connectivity index (χ1) is 8.47. The highest BCUT2D eigenvalue weighted by atomic mass is 15.3. The number of hydrogen-bond acceptors (Lipinski definition) is 3. The van der Waals surface area contributed by atoms with E-state index in [4.69, 9.17) is 0 Å². The predicted molar refractivity (Wildman–Crippen MR) is 73.7 cm³/mol. The molecule has 0 bridgehead atoms. The van der Waals surface area contributed by atoms with Crippen molar-refractivity contribution in [1.82, 2.24) is 14.8 Å². The number of aromatic nitrogens is 3. The van der Waals surface area contributed by atoms with Crippen LogP contribution in [0.3, 0.4) is 0 Å². The fourth-order valence-corrected chi connectivity index (χ4v) is 2.51. The molecule has 2 heterocycles. The summed E-state index contributed by atoms with van der Waals surface area (Å²) in [5.41, 5.74) is 5.75. The quantitative estimate of drug-likeness (QED) is 0.902. The van der Waals surface area contributed by atoms with E-state index in [1.807, 2.05) is 26.4 Å². The molecule has 0 saturated heterocycles. The minimum Gasteiger partial charge on any atom is -0.376 e. The molecule has 0 aliphatic rings. The highest BCUT2D eigenvalue weighted by Crippen LogP contribution is 2.24. The molecule has 0 fully saturated rings. The van der Waals surface area contributed by atoms with Gasteiger partial charge in [0.2, 0.25) is 0 Å². The Morgan fingerprint density at radius 1 is 1.28 bits per heavy atom. The molecule has 1 unspecified atom stereocenters. The molecule has 0 aliphatic carbocycles. The molecule has 4 heteroatoms. The highest BCUT2D eigenvalue weighted by molar-refractivity contribution is 5.44. The van der Waals surface area contributed by atoms with Gasteiger partial charge < -0.3 is 5.32 Å². The average Bonchev–Trinajstić information content (AvgIpc) is 2.62. The third kappa shape index (κ3) is 2.53. The Morgan fingerprint density at radius 2 is 2.00 bits per heavy atom. The van der Waals surface area contributed by atoms with Crippen LogP contribution in [0.1, 0.15) is 35.5 Å². The summed E-state index contributed by atoms with van der Waals surface area (Å²) in [6.07, 6.45) is 3.81. The van der Waals surface area contributed by atoms with Gasteiger partial charge in [-0.25, -0.2) is 0 Å². The minimum atomic E-state index is 0.224. The van der Waals surface area contributed by atoms with Crippen molar-refractivity contribution in [3.8, 4) is 0 Å². The van der Waals surface area contributed by atoms with Crippen molar-refractivity contribution in [2.75, 3.05) is 5.32 Å². The number of nitrogens with zero attached hydrogens (tertiary/aromatic N) is 3. The van der Waals surface area contributed by atoms with Gasteiger partial charge in [0.05, 0.1) is 17.9 Å². The second kappa shape index (κ2) is 4.80. The van der Waals surface area contributed by atoms with Gasteiger partial charge in [-0.15, -0.1) is 0 Å². The van der Waals surface area contributed by atoms with E-state index in [9.17, 15) is 0 Å². The average molecular weight is 244 g/mol. The summed E-state index contributed by atoms with van der Waals surface area (Å²) in [5.74, 6) is 0. The number of nitrogens with one attached hydrogen (secondary N) is 1. The SMILES string of the molecule is Cc1cc(C)c(C(C)Nc2cnn(C)c2)c(C)n1. The van der Waals surface area contributed by atoms with Crippen molar-refractivity contribution >= 4 is 5.69 Å². The van der Waals surface area contributed by atoms with Gasteiger partial charge >= 0.3 is 0 Å². The second-order valence-electron chi connectivity index (χ2n) is 4.85. The van der Waals surface area contributed by atoms with E-state index in [0.29, 0.717) is 0 Å². The van der Waals surface area contributed by atoms with Gasteiger partial charge in [-0.2, -0.15) is 5.10 Å². The molecule has 96 valence electrons. The van der Waals surface area contributed by atoms with Crippen molar-refractivity contribution in [3.63, 3.8) is 0 Å². The third-order valence-corrected chi connectivity index (χ3v) is 3.11. The van der Waals surface area contributed by atoms with Crippen LogP contribution < -0.4 is 5.32 Å². The molecule has 0 aliphatic heterocycles. The summed E-state index contributed by atoms with van der Waals surface area (Å²) in [4.78, 5) is 4.54. The number of pyridine rings is 1. The number of hydrogen-bond donors (Lipinski definition) is 1. The standard InChI is InChI=1S/C14H20N4/c1-9-6-10(2)16-11(3)14(9)12(4)17-13-7-15-18(5)8-13/h6-8,12,17H,1-5H3. The van der Waals surface area contributed by atoms with Gasteiger partial charge in [0, 0.05) is 24.6 Å². The lowest BCUT2D eigenvalue weighted by molar-refractivity contribution is 0.767. The van der Waals surface area contributed by atoms with Crippen molar-refractivity contribution in [2.45, 2.75) is 33.7 Å². The summed E-state index contributed by atoms with van der Waals surface area (Å²) in [6.45, 7) is 8.39. The van der Waals surface area contributed by atoms with Crippen molar-refractivity contribution in [3.05, 3.63) is 41.0 Å². The van der Waals surface area contributed by atoms with E-state index >= 15 is 0 Å². The van der Waals surface area contributed by atoms with Gasteiger partial charge in [-0.05, 0) is 44.9 Å². The van der Waals surface area contributed by atoms with E-state index < -0.39 is 0 Å². The molecule has 0 amide bonds. The van der Waals surface area contributed by atoms with Crippen LogP contribution >= 0.6 is 0 Å². The zero-order valence-corrected chi connectivity index (χ0v) is 11.7. The third-order valence-electron chi connectivity index (χ3n) is 3.11. The maximum atomic E-state index is 4.54. The lowest BCUT2D eigenvalue weighted by Gasteiger charge is -2.19. The molecule has 0 aromatic carbocycles. The maximum Gasteiger partial charge on any atom is 0.0731 e. The van der Waals surface area contributed by atoms with Crippen LogP contribution in [0.5, 0.6) is 0 Å². The fraction of sp³-hybridized carbons (Fsp3) is 0.429. The Kier molecular flexibility index (Phi) is 3.36. The molecule has 18 heavy (non-hydrogen) atoms. The second-order valence-corrected chi connectivity index (χ2v) is 4.85. The Labute approximate surface area is 108 Å². The number of anilines is 1. The lowest BCUT2D eigenvalue weighted by Crippen LogP contribution is -2.11. The summed E-state index contributed by atoms with van der Waals surface area (Å²) < 4.78 is 1.79. The van der Waals surface area contributed by atoms with Crippen molar-refractivity contribution in [1.29, 1.82) is 0 Å². The van der Waals surface area contributed by atoms with E-state index in [0.717, 1.165) is 17.1 Å². The normalized spacial score (nSPS) is 12.5. The molecule has 2 aromatic heterocycles.